The molecule has 0 aliphatic carbocycles. The highest BCUT2D eigenvalue weighted by Gasteiger charge is 2.29. The Morgan fingerprint density at radius 2 is 1.88 bits per heavy atom. The number of hydrogen-bond acceptors (Lipinski definition) is 4. The van der Waals surface area contributed by atoms with Gasteiger partial charge in [-0.15, -0.1) is 0 Å². The molecule has 1 amide bonds. The fourth-order valence-corrected chi connectivity index (χ4v) is 3.08. The molecule has 0 spiro atoms. The number of carbonyl (C=O) groups excluding carboxylic acids is 1. The summed E-state index contributed by atoms with van der Waals surface area (Å²) in [6.07, 6.45) is 4.22. The number of rotatable bonds is 4. The van der Waals surface area contributed by atoms with E-state index in [4.69, 9.17) is 0 Å². The second-order valence-corrected chi connectivity index (χ2v) is 6.06. The molecule has 0 saturated carbocycles. The predicted molar refractivity (Wildman–Crippen MR) is 97.9 cm³/mol. The van der Waals surface area contributed by atoms with Gasteiger partial charge < -0.3 is 4.98 Å². The summed E-state index contributed by atoms with van der Waals surface area (Å²) in [4.78, 5) is 15.5. The van der Waals surface area contributed by atoms with Crippen LogP contribution < -0.4 is 16.3 Å². The Morgan fingerprint density at radius 3 is 2.76 bits per heavy atom. The lowest BCUT2D eigenvalue weighted by molar-refractivity contribution is -0.122. The Balaban J connectivity index is 1.36. The minimum Gasteiger partial charge on any atom is -0.361 e. The van der Waals surface area contributed by atoms with Crippen molar-refractivity contribution in [2.75, 3.05) is 0 Å². The Bertz CT molecular complexity index is 902. The molecule has 25 heavy (non-hydrogen) atoms. The first kappa shape index (κ1) is 15.6. The maximum absolute atomic E-state index is 12.3. The molecule has 2 atom stereocenters. The minimum absolute atomic E-state index is 0.120. The Kier molecular flexibility index (Phi) is 4.28. The zero-order chi connectivity index (χ0) is 17.1. The van der Waals surface area contributed by atoms with Gasteiger partial charge in [0.15, 0.2) is 0 Å². The second-order valence-electron chi connectivity index (χ2n) is 6.06. The standard InChI is InChI=1S/C19H19N5O/c25-19(18-10-17(22-23-18)13-6-2-1-3-7-13)24-21-12-14-11-20-16-9-5-4-8-15(14)16/h1-9,11-12,17-18,20,22-23H,10H2,(H,24,25)/b21-12+. The summed E-state index contributed by atoms with van der Waals surface area (Å²) < 4.78 is 0. The molecule has 0 bridgehead atoms. The van der Waals surface area contributed by atoms with Crippen molar-refractivity contribution in [2.24, 2.45) is 5.10 Å². The smallest absolute Gasteiger partial charge is 0.258 e. The highest BCUT2D eigenvalue weighted by Crippen LogP contribution is 2.21. The van der Waals surface area contributed by atoms with E-state index in [0.717, 1.165) is 22.0 Å². The number of nitrogens with one attached hydrogen (secondary N) is 4. The fourth-order valence-electron chi connectivity index (χ4n) is 3.08. The normalized spacial score (nSPS) is 20.3. The summed E-state index contributed by atoms with van der Waals surface area (Å²) in [5, 5.41) is 5.17. The summed E-state index contributed by atoms with van der Waals surface area (Å²) >= 11 is 0. The molecule has 4 N–H and O–H groups in total. The van der Waals surface area contributed by atoms with Gasteiger partial charge in [0.25, 0.3) is 5.91 Å². The Morgan fingerprint density at radius 1 is 1.08 bits per heavy atom. The first-order valence-corrected chi connectivity index (χ1v) is 8.26. The molecular weight excluding hydrogens is 314 g/mol. The number of hydrogen-bond donors (Lipinski definition) is 4. The molecule has 2 aromatic carbocycles. The topological polar surface area (TPSA) is 81.3 Å². The molecule has 1 aliphatic heterocycles. The zero-order valence-corrected chi connectivity index (χ0v) is 13.6. The van der Waals surface area contributed by atoms with E-state index in [1.807, 2.05) is 48.7 Å². The number of carbonyl (C=O) groups is 1. The third-order valence-electron chi connectivity index (χ3n) is 4.42. The third-order valence-corrected chi connectivity index (χ3v) is 4.42. The number of fused-ring (bicyclic) bond motifs is 1. The molecule has 4 rings (SSSR count). The van der Waals surface area contributed by atoms with Gasteiger partial charge in [0, 0.05) is 28.7 Å². The van der Waals surface area contributed by atoms with E-state index >= 15 is 0 Å². The molecule has 2 heterocycles. The van der Waals surface area contributed by atoms with Crippen molar-refractivity contribution >= 4 is 23.0 Å². The predicted octanol–water partition coefficient (Wildman–Crippen LogP) is 2.23. The number of hydrazine groups is 1. The van der Waals surface area contributed by atoms with Gasteiger partial charge in [-0.2, -0.15) is 5.10 Å². The van der Waals surface area contributed by atoms with E-state index in [0.29, 0.717) is 6.42 Å². The summed E-state index contributed by atoms with van der Waals surface area (Å²) in [6, 6.07) is 17.9. The molecule has 126 valence electrons. The van der Waals surface area contributed by atoms with Crippen LogP contribution in [0.3, 0.4) is 0 Å². The summed E-state index contributed by atoms with van der Waals surface area (Å²) in [5.41, 5.74) is 12.0. The van der Waals surface area contributed by atoms with Crippen molar-refractivity contribution in [1.82, 2.24) is 21.3 Å². The number of nitrogens with zero attached hydrogens (tertiary/aromatic N) is 1. The van der Waals surface area contributed by atoms with Gasteiger partial charge >= 0.3 is 0 Å². The van der Waals surface area contributed by atoms with Gasteiger partial charge in [-0.3, -0.25) is 4.79 Å². The van der Waals surface area contributed by atoms with Crippen molar-refractivity contribution in [3.05, 3.63) is 71.9 Å². The summed E-state index contributed by atoms with van der Waals surface area (Å²) in [6.45, 7) is 0. The van der Waals surface area contributed by atoms with Crippen molar-refractivity contribution in [3.8, 4) is 0 Å². The lowest BCUT2D eigenvalue weighted by Gasteiger charge is -2.08. The number of H-pyrrole nitrogens is 1. The minimum atomic E-state index is -0.315. The molecule has 1 aliphatic rings. The molecule has 2 unspecified atom stereocenters. The maximum atomic E-state index is 12.3. The van der Waals surface area contributed by atoms with E-state index < -0.39 is 0 Å². The van der Waals surface area contributed by atoms with E-state index in [1.165, 1.54) is 0 Å². The second kappa shape index (κ2) is 6.88. The van der Waals surface area contributed by atoms with Crippen LogP contribution in [0.5, 0.6) is 0 Å². The average Bonchev–Trinajstić information content (AvgIpc) is 3.30. The molecule has 6 nitrogen and oxygen atoms in total. The summed E-state index contributed by atoms with van der Waals surface area (Å²) in [5.74, 6) is -0.151. The molecule has 6 heteroatoms. The number of aromatic nitrogens is 1. The molecular formula is C19H19N5O. The quantitative estimate of drug-likeness (QED) is 0.436. The Labute approximate surface area is 145 Å². The summed E-state index contributed by atoms with van der Waals surface area (Å²) in [7, 11) is 0. The number of benzene rings is 2. The SMILES string of the molecule is O=C(N/N=C/c1c[nH]c2ccccc12)C1CC(c2ccccc2)NN1. The zero-order valence-electron chi connectivity index (χ0n) is 13.6. The van der Waals surface area contributed by atoms with Crippen molar-refractivity contribution < 1.29 is 4.79 Å². The van der Waals surface area contributed by atoms with Gasteiger partial charge in [-0.25, -0.2) is 16.3 Å². The molecule has 3 aromatic rings. The first-order valence-electron chi connectivity index (χ1n) is 8.26. The largest absolute Gasteiger partial charge is 0.361 e. The van der Waals surface area contributed by atoms with E-state index in [-0.39, 0.29) is 18.0 Å². The number of aromatic amines is 1. The Hall–Kier alpha value is -2.96. The van der Waals surface area contributed by atoms with Crippen LogP contribution in [0.2, 0.25) is 0 Å². The number of hydrazone groups is 1. The van der Waals surface area contributed by atoms with Crippen LogP contribution in [0.4, 0.5) is 0 Å². The first-order chi connectivity index (χ1) is 12.3. The van der Waals surface area contributed by atoms with Gasteiger partial charge in [0.05, 0.1) is 6.21 Å². The van der Waals surface area contributed by atoms with Gasteiger partial charge in [-0.1, -0.05) is 48.5 Å². The molecule has 1 aromatic heterocycles. The molecule has 1 fully saturated rings. The van der Waals surface area contributed by atoms with Crippen LogP contribution in [0, 0.1) is 0 Å². The lowest BCUT2D eigenvalue weighted by Crippen LogP contribution is -2.41. The van der Waals surface area contributed by atoms with Crippen LogP contribution in [-0.4, -0.2) is 23.1 Å². The van der Waals surface area contributed by atoms with Gasteiger partial charge in [0.1, 0.15) is 6.04 Å². The third kappa shape index (κ3) is 3.31. The van der Waals surface area contributed by atoms with Gasteiger partial charge in [-0.05, 0) is 18.1 Å². The van der Waals surface area contributed by atoms with E-state index in [1.54, 1.807) is 6.21 Å². The average molecular weight is 333 g/mol. The highest BCUT2D eigenvalue weighted by molar-refractivity contribution is 5.99. The molecule has 1 saturated heterocycles. The van der Waals surface area contributed by atoms with Crippen LogP contribution >= 0.6 is 0 Å². The fraction of sp³-hybridized carbons (Fsp3) is 0.158. The lowest BCUT2D eigenvalue weighted by atomic mass is 10.0. The van der Waals surface area contributed by atoms with Gasteiger partial charge in [0.2, 0.25) is 0 Å². The highest BCUT2D eigenvalue weighted by atomic mass is 16.2. The van der Waals surface area contributed by atoms with Crippen LogP contribution in [0.25, 0.3) is 10.9 Å². The van der Waals surface area contributed by atoms with Crippen molar-refractivity contribution in [3.63, 3.8) is 0 Å². The maximum Gasteiger partial charge on any atom is 0.258 e. The number of amides is 1. The van der Waals surface area contributed by atoms with Crippen molar-refractivity contribution in [2.45, 2.75) is 18.5 Å². The monoisotopic (exact) mass is 333 g/mol. The van der Waals surface area contributed by atoms with E-state index in [9.17, 15) is 4.79 Å². The number of para-hydroxylation sites is 1. The van der Waals surface area contributed by atoms with E-state index in [2.05, 4.69) is 38.5 Å². The van der Waals surface area contributed by atoms with Crippen LogP contribution in [0.15, 0.2) is 65.9 Å². The van der Waals surface area contributed by atoms with Crippen LogP contribution in [0.1, 0.15) is 23.6 Å². The molecule has 0 radical (unpaired) electrons. The van der Waals surface area contributed by atoms with Crippen molar-refractivity contribution in [1.29, 1.82) is 0 Å². The van der Waals surface area contributed by atoms with Crippen LogP contribution in [-0.2, 0) is 4.79 Å².